The van der Waals surface area contributed by atoms with Crippen molar-refractivity contribution in [3.8, 4) is 0 Å². The van der Waals surface area contributed by atoms with Crippen LogP contribution in [0.2, 0.25) is 0 Å². The second-order valence-corrected chi connectivity index (χ2v) is 19.7. The molecule has 0 aromatic carbocycles. The average Bonchev–Trinajstić information content (AvgIpc) is 3.31. The van der Waals surface area contributed by atoms with E-state index in [1.807, 2.05) is 0 Å². The third kappa shape index (κ3) is 52.9. The Hall–Kier alpha value is -1.91. The molecular weight excluding hydrogens is 795 g/mol. The van der Waals surface area contributed by atoms with Crippen molar-refractivity contribution in [3.05, 3.63) is 60.8 Å². The van der Waals surface area contributed by atoms with Crippen LogP contribution in [0.15, 0.2) is 60.8 Å². The van der Waals surface area contributed by atoms with Crippen LogP contribution in [0, 0.1) is 0 Å². The van der Waals surface area contributed by atoms with Gasteiger partial charge >= 0.3 is 0 Å². The summed E-state index contributed by atoms with van der Waals surface area (Å²) in [4.78, 5) is 12.5. The van der Waals surface area contributed by atoms with E-state index in [9.17, 15) is 15.0 Å². The lowest BCUT2D eigenvalue weighted by Crippen LogP contribution is -2.45. The molecule has 4 heteroatoms. The molecule has 2 atom stereocenters. The van der Waals surface area contributed by atoms with Crippen LogP contribution in [0.5, 0.6) is 0 Å². The zero-order chi connectivity index (χ0) is 47.0. The van der Waals surface area contributed by atoms with Crippen LogP contribution in [-0.4, -0.2) is 34.9 Å². The summed E-state index contributed by atoms with van der Waals surface area (Å²) in [7, 11) is 0. The van der Waals surface area contributed by atoms with Crippen molar-refractivity contribution in [2.45, 2.75) is 315 Å². The number of aliphatic hydroxyl groups excluding tert-OH is 2. The highest BCUT2D eigenvalue weighted by molar-refractivity contribution is 5.76. The number of unbranched alkanes of at least 4 members (excludes halogenated alkanes) is 36. The molecule has 0 aliphatic carbocycles. The maximum Gasteiger partial charge on any atom is 0.220 e. The summed E-state index contributed by atoms with van der Waals surface area (Å²) in [5, 5.41) is 23.3. The largest absolute Gasteiger partial charge is 0.394 e. The number of allylic oxidation sites excluding steroid dienone is 10. The Labute approximate surface area is 406 Å². The van der Waals surface area contributed by atoms with Crippen molar-refractivity contribution in [2.24, 2.45) is 0 Å². The maximum absolute atomic E-state index is 12.5. The highest BCUT2D eigenvalue weighted by Crippen LogP contribution is 2.18. The lowest BCUT2D eigenvalue weighted by Gasteiger charge is -2.22. The van der Waals surface area contributed by atoms with Crippen LogP contribution in [0.3, 0.4) is 0 Å². The highest BCUT2D eigenvalue weighted by Gasteiger charge is 2.20. The van der Waals surface area contributed by atoms with Crippen molar-refractivity contribution in [1.29, 1.82) is 0 Å². The van der Waals surface area contributed by atoms with Crippen LogP contribution in [-0.2, 0) is 4.79 Å². The van der Waals surface area contributed by atoms with Gasteiger partial charge in [-0.3, -0.25) is 4.79 Å². The Bertz CT molecular complexity index is 1070. The van der Waals surface area contributed by atoms with E-state index in [2.05, 4.69) is 79.9 Å². The molecule has 0 aliphatic heterocycles. The molecule has 0 aliphatic rings. The predicted octanol–water partition coefficient (Wildman–Crippen LogP) is 19.2. The summed E-state index contributed by atoms with van der Waals surface area (Å²) in [6.07, 6.45) is 79.4. The van der Waals surface area contributed by atoms with Gasteiger partial charge in [0.05, 0.1) is 18.8 Å². The minimum Gasteiger partial charge on any atom is -0.394 e. The van der Waals surface area contributed by atoms with Gasteiger partial charge in [0.2, 0.25) is 5.91 Å². The molecule has 4 nitrogen and oxygen atoms in total. The second-order valence-electron chi connectivity index (χ2n) is 19.7. The second kappa shape index (κ2) is 56.4. The van der Waals surface area contributed by atoms with Crippen molar-refractivity contribution >= 4 is 5.91 Å². The van der Waals surface area contributed by atoms with E-state index in [0.29, 0.717) is 12.8 Å². The first-order chi connectivity index (χ1) is 32.2. The van der Waals surface area contributed by atoms with E-state index in [1.165, 1.54) is 218 Å². The highest BCUT2D eigenvalue weighted by atomic mass is 16.3. The number of hydrogen-bond donors (Lipinski definition) is 3. The average molecular weight is 909 g/mol. The normalized spacial score (nSPS) is 13.2. The number of rotatable bonds is 53. The van der Waals surface area contributed by atoms with Gasteiger partial charge in [-0.15, -0.1) is 0 Å². The number of carbonyl (C=O) groups is 1. The van der Waals surface area contributed by atoms with Crippen molar-refractivity contribution in [3.63, 3.8) is 0 Å². The third-order valence-electron chi connectivity index (χ3n) is 13.3. The minimum absolute atomic E-state index is 0.0273. The van der Waals surface area contributed by atoms with Crippen molar-refractivity contribution in [1.82, 2.24) is 5.32 Å². The lowest BCUT2D eigenvalue weighted by atomic mass is 10.0. The first-order valence-corrected chi connectivity index (χ1v) is 29.0. The fourth-order valence-corrected chi connectivity index (χ4v) is 8.92. The van der Waals surface area contributed by atoms with Gasteiger partial charge in [0.15, 0.2) is 0 Å². The number of aliphatic hydroxyl groups is 2. The Kier molecular flexibility index (Phi) is 54.8. The monoisotopic (exact) mass is 908 g/mol. The van der Waals surface area contributed by atoms with Crippen LogP contribution < -0.4 is 5.32 Å². The predicted molar refractivity (Wildman–Crippen MR) is 290 cm³/mol. The number of amides is 1. The molecule has 3 N–H and O–H groups in total. The molecule has 0 spiro atoms. The Morgan fingerprint density at radius 2 is 0.677 bits per heavy atom. The quantitative estimate of drug-likeness (QED) is 0.0421. The van der Waals surface area contributed by atoms with Crippen LogP contribution in [0.25, 0.3) is 0 Å². The van der Waals surface area contributed by atoms with Gasteiger partial charge in [-0.05, 0) is 57.8 Å². The molecule has 0 heterocycles. The zero-order valence-electron chi connectivity index (χ0n) is 43.8. The van der Waals surface area contributed by atoms with Crippen LogP contribution in [0.4, 0.5) is 0 Å². The Morgan fingerprint density at radius 3 is 1.02 bits per heavy atom. The van der Waals surface area contributed by atoms with E-state index in [-0.39, 0.29) is 12.5 Å². The maximum atomic E-state index is 12.5. The van der Waals surface area contributed by atoms with E-state index >= 15 is 0 Å². The minimum atomic E-state index is -0.658. The molecule has 0 aromatic heterocycles. The van der Waals surface area contributed by atoms with Crippen molar-refractivity contribution in [2.75, 3.05) is 6.61 Å². The summed E-state index contributed by atoms with van der Waals surface area (Å²) in [5.74, 6) is -0.0273. The van der Waals surface area contributed by atoms with Gasteiger partial charge in [-0.2, -0.15) is 0 Å². The number of hydrogen-bond acceptors (Lipinski definition) is 3. The van der Waals surface area contributed by atoms with Gasteiger partial charge in [-0.1, -0.05) is 299 Å². The SMILES string of the molecule is CC/C=C\C/C=C\C/C=C\C/C=C\C/C=C\CCCCCCCCCCCCCCCCCCCCCCCCCC(=O)NC(CO)C(O)CCCCCCCCCCCCCCCC. The smallest absolute Gasteiger partial charge is 0.220 e. The van der Waals surface area contributed by atoms with Gasteiger partial charge in [-0.25, -0.2) is 0 Å². The summed E-state index contributed by atoms with van der Waals surface area (Å²) < 4.78 is 0. The van der Waals surface area contributed by atoms with E-state index < -0.39 is 12.1 Å². The van der Waals surface area contributed by atoms with E-state index in [0.717, 1.165) is 57.8 Å². The van der Waals surface area contributed by atoms with Gasteiger partial charge in [0, 0.05) is 6.42 Å². The van der Waals surface area contributed by atoms with Gasteiger partial charge < -0.3 is 15.5 Å². The fraction of sp³-hybridized carbons (Fsp3) is 0.820. The Morgan fingerprint density at radius 1 is 0.385 bits per heavy atom. The molecule has 0 saturated heterocycles. The first-order valence-electron chi connectivity index (χ1n) is 29.0. The van der Waals surface area contributed by atoms with Gasteiger partial charge in [0.25, 0.3) is 0 Å². The molecule has 0 aromatic rings. The molecule has 0 radical (unpaired) electrons. The molecule has 380 valence electrons. The summed E-state index contributed by atoms with van der Waals surface area (Å²) in [5.41, 5.74) is 0. The summed E-state index contributed by atoms with van der Waals surface area (Å²) >= 11 is 0. The molecule has 2 unspecified atom stereocenters. The molecule has 65 heavy (non-hydrogen) atoms. The topological polar surface area (TPSA) is 69.6 Å². The summed E-state index contributed by atoms with van der Waals surface area (Å²) in [6.45, 7) is 4.26. The lowest BCUT2D eigenvalue weighted by molar-refractivity contribution is -0.123. The van der Waals surface area contributed by atoms with Crippen LogP contribution >= 0.6 is 0 Å². The first kappa shape index (κ1) is 63.1. The number of carbonyl (C=O) groups excluding carboxylic acids is 1. The van der Waals surface area contributed by atoms with Crippen LogP contribution in [0.1, 0.15) is 303 Å². The number of nitrogens with one attached hydrogen (secondary N) is 1. The molecular formula is C61H113NO3. The van der Waals surface area contributed by atoms with Crippen molar-refractivity contribution < 1.29 is 15.0 Å². The third-order valence-corrected chi connectivity index (χ3v) is 13.3. The zero-order valence-corrected chi connectivity index (χ0v) is 43.8. The molecule has 1 amide bonds. The molecule has 0 rings (SSSR count). The van der Waals surface area contributed by atoms with Gasteiger partial charge in [0.1, 0.15) is 0 Å². The van der Waals surface area contributed by atoms with E-state index in [1.54, 1.807) is 0 Å². The molecule has 0 bridgehead atoms. The summed E-state index contributed by atoms with van der Waals surface area (Å²) in [6, 6.07) is -0.535. The fourth-order valence-electron chi connectivity index (χ4n) is 8.92. The molecule has 0 saturated carbocycles. The molecule has 0 fully saturated rings. The Balaban J connectivity index is 3.39. The van der Waals surface area contributed by atoms with E-state index in [4.69, 9.17) is 0 Å². The standard InChI is InChI=1S/C61H113NO3/c1-3-5-7-9-11-13-15-17-19-20-21-22-23-24-25-26-27-28-29-30-31-32-33-34-35-36-37-38-39-40-41-42-43-45-47-49-51-53-55-57-61(65)62-59(58-63)60(64)56-54-52-50-48-46-44-18-16-14-12-10-8-6-4-2/h5,7,11,13,17,19,21-22,24-25,59-60,63-64H,3-4,6,8-10,12,14-16,18,20,23,26-58H2,1-2H3,(H,62,65)/b7-5-,13-11-,19-17-,22-21-,25-24-.